The van der Waals surface area contributed by atoms with E-state index in [0.29, 0.717) is 12.8 Å². The van der Waals surface area contributed by atoms with Gasteiger partial charge in [-0.25, -0.2) is 0 Å². The van der Waals surface area contributed by atoms with Crippen molar-refractivity contribution in [1.82, 2.24) is 16.0 Å². The maximum atomic E-state index is 11.8. The molecule has 12 nitrogen and oxygen atoms in total. The highest BCUT2D eigenvalue weighted by atomic mass is 16.7. The molecular formula is C21H37N3O9. The van der Waals surface area contributed by atoms with E-state index in [2.05, 4.69) is 16.0 Å². The van der Waals surface area contributed by atoms with Gasteiger partial charge in [-0.15, -0.1) is 0 Å². The van der Waals surface area contributed by atoms with E-state index in [1.165, 1.54) is 13.8 Å². The lowest BCUT2D eigenvalue weighted by Crippen LogP contribution is -2.65. The predicted octanol–water partition coefficient (Wildman–Crippen LogP) is -1.28. The molecule has 3 amide bonds. The predicted molar refractivity (Wildman–Crippen MR) is 116 cm³/mol. The Morgan fingerprint density at radius 1 is 0.970 bits per heavy atom. The molecule has 5 N–H and O–H groups in total. The highest BCUT2D eigenvalue weighted by Gasteiger charge is 2.45. The Hall–Kier alpha value is -2.28. The van der Waals surface area contributed by atoms with Crippen molar-refractivity contribution in [2.24, 2.45) is 0 Å². The lowest BCUT2D eigenvalue weighted by atomic mass is 9.96. The number of amides is 3. The molecule has 1 saturated heterocycles. The Morgan fingerprint density at radius 3 is 2.21 bits per heavy atom. The van der Waals surface area contributed by atoms with Crippen LogP contribution in [0.4, 0.5) is 0 Å². The molecule has 33 heavy (non-hydrogen) atoms. The molecule has 0 aliphatic carbocycles. The summed E-state index contributed by atoms with van der Waals surface area (Å²) < 4.78 is 16.6. The minimum Gasteiger partial charge on any atom is -0.460 e. The fraction of sp³-hybridized carbons (Fsp3) is 0.810. The maximum Gasteiger partial charge on any atom is 0.306 e. The van der Waals surface area contributed by atoms with Gasteiger partial charge in [0.2, 0.25) is 17.7 Å². The third-order valence-corrected chi connectivity index (χ3v) is 4.55. The highest BCUT2D eigenvalue weighted by molar-refractivity contribution is 5.83. The van der Waals surface area contributed by atoms with Gasteiger partial charge in [0, 0.05) is 33.4 Å². The molecule has 5 atom stereocenters. The summed E-state index contributed by atoms with van der Waals surface area (Å²) in [5.74, 6) is -1.64. The monoisotopic (exact) mass is 475 g/mol. The first-order valence-electron chi connectivity index (χ1n) is 10.9. The molecular weight excluding hydrogens is 438 g/mol. The third kappa shape index (κ3) is 11.4. The number of unbranched alkanes of at least 4 members (excludes halogenated alkanes) is 1. The molecule has 1 aliphatic heterocycles. The second kappa shape index (κ2) is 13.4. The minimum absolute atomic E-state index is 0.151. The quantitative estimate of drug-likeness (QED) is 0.180. The lowest BCUT2D eigenvalue weighted by molar-refractivity contribution is -0.263. The van der Waals surface area contributed by atoms with Crippen LogP contribution in [0.3, 0.4) is 0 Å². The standard InChI is InChI=1S/C21H37N3O9/c1-12(25)22-11-15(27)23-10-14-18(29)19(30)17(24-13(2)26)20(32-14)31-9-7-6-8-16(28)33-21(3,4)5/h14,17-20,29-30H,6-11H2,1-5H3,(H,22,25)(H,23,27)(H,24,26). The summed E-state index contributed by atoms with van der Waals surface area (Å²) in [6, 6.07) is -1.03. The molecule has 1 rings (SSSR count). The lowest BCUT2D eigenvalue weighted by Gasteiger charge is -2.42. The summed E-state index contributed by atoms with van der Waals surface area (Å²) in [6.45, 7) is 7.66. The van der Waals surface area contributed by atoms with Crippen LogP contribution >= 0.6 is 0 Å². The fourth-order valence-electron chi connectivity index (χ4n) is 3.08. The van der Waals surface area contributed by atoms with Gasteiger partial charge in [0.15, 0.2) is 6.29 Å². The van der Waals surface area contributed by atoms with E-state index in [9.17, 15) is 29.4 Å². The van der Waals surface area contributed by atoms with Crippen molar-refractivity contribution in [1.29, 1.82) is 0 Å². The second-order valence-corrected chi connectivity index (χ2v) is 8.88. The number of hydrogen-bond donors (Lipinski definition) is 5. The molecule has 0 radical (unpaired) electrons. The molecule has 190 valence electrons. The van der Waals surface area contributed by atoms with Gasteiger partial charge in [-0.05, 0) is 33.6 Å². The van der Waals surface area contributed by atoms with Crippen molar-refractivity contribution in [3.63, 3.8) is 0 Å². The van der Waals surface area contributed by atoms with Gasteiger partial charge in [-0.3, -0.25) is 19.2 Å². The summed E-state index contributed by atoms with van der Waals surface area (Å²) in [7, 11) is 0. The van der Waals surface area contributed by atoms with Gasteiger partial charge in [0.25, 0.3) is 0 Å². The third-order valence-electron chi connectivity index (χ3n) is 4.55. The zero-order valence-corrected chi connectivity index (χ0v) is 19.9. The largest absolute Gasteiger partial charge is 0.460 e. The Kier molecular flexibility index (Phi) is 11.7. The number of rotatable bonds is 11. The Morgan fingerprint density at radius 2 is 1.64 bits per heavy atom. The van der Waals surface area contributed by atoms with Crippen molar-refractivity contribution in [3.8, 4) is 0 Å². The number of aliphatic hydroxyl groups excluding tert-OH is 2. The number of esters is 1. The molecule has 0 bridgehead atoms. The van der Waals surface area contributed by atoms with Crippen LogP contribution in [0, 0.1) is 0 Å². The fourth-order valence-corrected chi connectivity index (χ4v) is 3.08. The van der Waals surface area contributed by atoms with Gasteiger partial charge in [-0.2, -0.15) is 0 Å². The molecule has 0 aromatic rings. The number of carbonyl (C=O) groups is 4. The first kappa shape index (κ1) is 28.8. The Balaban J connectivity index is 2.61. The smallest absolute Gasteiger partial charge is 0.306 e. The van der Waals surface area contributed by atoms with Gasteiger partial charge < -0.3 is 40.4 Å². The van der Waals surface area contributed by atoms with E-state index in [1.54, 1.807) is 20.8 Å². The van der Waals surface area contributed by atoms with Crippen molar-refractivity contribution in [2.75, 3.05) is 19.7 Å². The van der Waals surface area contributed by atoms with Crippen LogP contribution in [0.25, 0.3) is 0 Å². The zero-order chi connectivity index (χ0) is 25.2. The first-order valence-corrected chi connectivity index (χ1v) is 10.9. The van der Waals surface area contributed by atoms with Crippen molar-refractivity contribution in [2.45, 2.75) is 90.1 Å². The van der Waals surface area contributed by atoms with Crippen LogP contribution in [0.1, 0.15) is 53.9 Å². The Bertz CT molecular complexity index is 680. The van der Waals surface area contributed by atoms with Crippen molar-refractivity contribution in [3.05, 3.63) is 0 Å². The molecule has 12 heteroatoms. The van der Waals surface area contributed by atoms with E-state index in [4.69, 9.17) is 14.2 Å². The van der Waals surface area contributed by atoms with Gasteiger partial charge >= 0.3 is 5.97 Å². The van der Waals surface area contributed by atoms with E-state index in [1.807, 2.05) is 0 Å². The van der Waals surface area contributed by atoms with Crippen molar-refractivity contribution < 1.29 is 43.6 Å². The molecule has 5 unspecified atom stereocenters. The topological polar surface area (TPSA) is 173 Å². The van der Waals surface area contributed by atoms with Crippen molar-refractivity contribution >= 4 is 23.7 Å². The number of ether oxygens (including phenoxy) is 3. The molecule has 1 heterocycles. The van der Waals surface area contributed by atoms with Crippen LogP contribution < -0.4 is 16.0 Å². The highest BCUT2D eigenvalue weighted by Crippen LogP contribution is 2.22. The molecule has 0 saturated carbocycles. The average Bonchev–Trinajstić information content (AvgIpc) is 2.68. The maximum absolute atomic E-state index is 11.8. The summed E-state index contributed by atoms with van der Waals surface area (Å²) in [4.78, 5) is 46.0. The molecule has 0 spiro atoms. The van der Waals surface area contributed by atoms with E-state index in [-0.39, 0.29) is 38.0 Å². The number of carbonyl (C=O) groups excluding carboxylic acids is 4. The molecule has 0 aromatic carbocycles. The van der Waals surface area contributed by atoms with Crippen LogP contribution in [0.2, 0.25) is 0 Å². The summed E-state index contributed by atoms with van der Waals surface area (Å²) in [6.07, 6.45) is -3.72. The number of nitrogens with one attached hydrogen (secondary N) is 3. The van der Waals surface area contributed by atoms with Crippen LogP contribution in [0.15, 0.2) is 0 Å². The normalized spacial score (nSPS) is 25.1. The molecule has 1 fully saturated rings. The molecule has 1 aliphatic rings. The van der Waals surface area contributed by atoms with E-state index >= 15 is 0 Å². The van der Waals surface area contributed by atoms with E-state index in [0.717, 1.165) is 0 Å². The van der Waals surface area contributed by atoms with Gasteiger partial charge in [0.05, 0.1) is 6.54 Å². The minimum atomic E-state index is -1.41. The van der Waals surface area contributed by atoms with Crippen LogP contribution in [0.5, 0.6) is 0 Å². The average molecular weight is 476 g/mol. The summed E-state index contributed by atoms with van der Waals surface area (Å²) in [5.41, 5.74) is -0.557. The first-order chi connectivity index (χ1) is 15.3. The Labute approximate surface area is 193 Å². The van der Waals surface area contributed by atoms with E-state index < -0.39 is 48.1 Å². The molecule has 0 aromatic heterocycles. The van der Waals surface area contributed by atoms with Gasteiger partial charge in [0.1, 0.15) is 30.0 Å². The summed E-state index contributed by atoms with van der Waals surface area (Å²) >= 11 is 0. The second-order valence-electron chi connectivity index (χ2n) is 8.88. The van der Waals surface area contributed by atoms with Crippen LogP contribution in [-0.4, -0.2) is 89.8 Å². The number of aliphatic hydroxyl groups is 2. The van der Waals surface area contributed by atoms with Crippen LogP contribution in [-0.2, 0) is 33.4 Å². The number of hydrogen-bond acceptors (Lipinski definition) is 9. The SMILES string of the molecule is CC(=O)NCC(=O)NCC1OC(OCCCCC(=O)OC(C)(C)C)C(NC(C)=O)C(O)C1O. The van der Waals surface area contributed by atoms with Gasteiger partial charge in [-0.1, -0.05) is 0 Å². The zero-order valence-electron chi connectivity index (χ0n) is 19.9. The summed E-state index contributed by atoms with van der Waals surface area (Å²) in [5, 5.41) is 28.2.